The molecule has 126 valence electrons. The lowest BCUT2D eigenvalue weighted by Crippen LogP contribution is -2.22. The Kier molecular flexibility index (Phi) is 6.73. The van der Waals surface area contributed by atoms with E-state index in [1.807, 2.05) is 13.8 Å². The van der Waals surface area contributed by atoms with Crippen LogP contribution in [0.4, 0.5) is 0 Å². The molecular weight excluding hydrogens is 292 g/mol. The number of hydrogen-bond donors (Lipinski definition) is 0. The molecule has 1 fully saturated rings. The third-order valence-corrected chi connectivity index (χ3v) is 3.99. The van der Waals surface area contributed by atoms with Gasteiger partial charge in [0.1, 0.15) is 0 Å². The largest absolute Gasteiger partial charge is 0.469 e. The number of esters is 1. The predicted molar refractivity (Wildman–Crippen MR) is 87.5 cm³/mol. The molecule has 2 rings (SSSR count). The molecule has 0 aromatic carbocycles. The molecule has 0 bridgehead atoms. The van der Waals surface area contributed by atoms with Crippen LogP contribution in [0.2, 0.25) is 0 Å². The molecule has 0 amide bonds. The second-order valence-corrected chi connectivity index (χ2v) is 6.24. The molecular formula is C19H26O4. The molecule has 1 unspecified atom stereocenters. The zero-order chi connectivity index (χ0) is 16.7. The van der Waals surface area contributed by atoms with Crippen LogP contribution < -0.4 is 0 Å². The van der Waals surface area contributed by atoms with E-state index in [9.17, 15) is 4.79 Å². The summed E-state index contributed by atoms with van der Waals surface area (Å²) >= 11 is 0. The normalized spacial score (nSPS) is 21.8. The molecule has 1 aliphatic carbocycles. The molecule has 4 nitrogen and oxygen atoms in total. The van der Waals surface area contributed by atoms with Crippen molar-refractivity contribution >= 4 is 5.97 Å². The number of carbonyl (C=O) groups is 1. The van der Waals surface area contributed by atoms with Crippen molar-refractivity contribution in [2.45, 2.75) is 58.7 Å². The van der Waals surface area contributed by atoms with Gasteiger partial charge in [-0.2, -0.15) is 0 Å². The van der Waals surface area contributed by atoms with Crippen molar-refractivity contribution in [3.8, 4) is 0 Å². The van der Waals surface area contributed by atoms with Crippen LogP contribution >= 0.6 is 0 Å². The Balaban J connectivity index is 2.11. The fourth-order valence-electron chi connectivity index (χ4n) is 2.80. The Labute approximate surface area is 138 Å². The second kappa shape index (κ2) is 8.79. The summed E-state index contributed by atoms with van der Waals surface area (Å²) in [6, 6.07) is 0. The summed E-state index contributed by atoms with van der Waals surface area (Å²) in [5, 5.41) is 0. The van der Waals surface area contributed by atoms with Crippen molar-refractivity contribution in [1.82, 2.24) is 0 Å². The number of hydrogen-bond acceptors (Lipinski definition) is 4. The summed E-state index contributed by atoms with van der Waals surface area (Å²) in [6.07, 6.45) is 7.08. The van der Waals surface area contributed by atoms with Gasteiger partial charge in [0.2, 0.25) is 0 Å². The first-order valence-corrected chi connectivity index (χ1v) is 8.32. The van der Waals surface area contributed by atoms with Gasteiger partial charge in [-0.15, -0.1) is 0 Å². The molecule has 2 aliphatic rings. The van der Waals surface area contributed by atoms with Gasteiger partial charge in [-0.1, -0.05) is 17.4 Å². The first-order valence-electron chi connectivity index (χ1n) is 8.32. The number of methoxy groups -OCH3 is 1. The number of allylic oxidation sites excluding steroid dienone is 4. The second-order valence-electron chi connectivity index (χ2n) is 6.24. The van der Waals surface area contributed by atoms with Crippen LogP contribution in [0, 0.1) is 5.92 Å². The Morgan fingerprint density at radius 3 is 2.74 bits per heavy atom. The molecule has 0 radical (unpaired) electrons. The van der Waals surface area contributed by atoms with E-state index < -0.39 is 0 Å². The van der Waals surface area contributed by atoms with Gasteiger partial charge in [-0.25, -0.2) is 0 Å². The standard InChI is InChI=1S/C19H26O4/c1-14(2)12-16(13-18(20)21-3)15-7-9-17(10-8-15)23-19-6-4-5-11-22-19/h12,16,19H,4-7,9,11,13H2,1-3H3/t16-,19?/m0/s1. The summed E-state index contributed by atoms with van der Waals surface area (Å²) in [6.45, 7) is 4.83. The summed E-state index contributed by atoms with van der Waals surface area (Å²) < 4.78 is 16.2. The van der Waals surface area contributed by atoms with Crippen molar-refractivity contribution in [1.29, 1.82) is 0 Å². The summed E-state index contributed by atoms with van der Waals surface area (Å²) in [5.41, 5.74) is 8.55. The molecule has 0 saturated carbocycles. The van der Waals surface area contributed by atoms with Gasteiger partial charge < -0.3 is 14.2 Å². The van der Waals surface area contributed by atoms with E-state index in [2.05, 4.69) is 17.5 Å². The highest BCUT2D eigenvalue weighted by molar-refractivity contribution is 5.70. The molecule has 0 N–H and O–H groups in total. The molecule has 0 aromatic heterocycles. The zero-order valence-electron chi connectivity index (χ0n) is 14.3. The highest BCUT2D eigenvalue weighted by Crippen LogP contribution is 2.28. The summed E-state index contributed by atoms with van der Waals surface area (Å²) in [4.78, 5) is 11.6. The van der Waals surface area contributed by atoms with Gasteiger partial charge in [0.15, 0.2) is 12.0 Å². The molecule has 2 atom stereocenters. The minimum absolute atomic E-state index is 0.0208. The van der Waals surface area contributed by atoms with Crippen molar-refractivity contribution in [2.75, 3.05) is 13.7 Å². The first-order chi connectivity index (χ1) is 11.1. The van der Waals surface area contributed by atoms with Crippen LogP contribution in [0.1, 0.15) is 52.4 Å². The highest BCUT2D eigenvalue weighted by atomic mass is 16.7. The van der Waals surface area contributed by atoms with Gasteiger partial charge in [0.05, 0.1) is 20.1 Å². The van der Waals surface area contributed by atoms with E-state index in [0.29, 0.717) is 6.42 Å². The zero-order valence-corrected chi connectivity index (χ0v) is 14.3. The molecule has 23 heavy (non-hydrogen) atoms. The monoisotopic (exact) mass is 318 g/mol. The minimum Gasteiger partial charge on any atom is -0.469 e. The Bertz CT molecular complexity index is 550. The van der Waals surface area contributed by atoms with Crippen molar-refractivity contribution in [3.63, 3.8) is 0 Å². The van der Waals surface area contributed by atoms with Crippen LogP contribution in [0.25, 0.3) is 0 Å². The van der Waals surface area contributed by atoms with Crippen molar-refractivity contribution in [2.24, 2.45) is 5.92 Å². The van der Waals surface area contributed by atoms with E-state index >= 15 is 0 Å². The average Bonchev–Trinajstić information content (AvgIpc) is 2.55. The summed E-state index contributed by atoms with van der Waals surface area (Å²) in [5.74, 6) is 0.616. The third kappa shape index (κ3) is 5.76. The van der Waals surface area contributed by atoms with Crippen molar-refractivity contribution < 1.29 is 19.0 Å². The Hall–Kier alpha value is -1.73. The lowest BCUT2D eigenvalue weighted by atomic mass is 9.89. The van der Waals surface area contributed by atoms with Crippen LogP contribution in [0.3, 0.4) is 0 Å². The molecule has 1 aliphatic heterocycles. The van der Waals surface area contributed by atoms with E-state index in [4.69, 9.17) is 14.2 Å². The van der Waals surface area contributed by atoms with Gasteiger partial charge in [-0.05, 0) is 44.4 Å². The fourth-order valence-corrected chi connectivity index (χ4v) is 2.80. The summed E-state index contributed by atoms with van der Waals surface area (Å²) in [7, 11) is 1.42. The lowest BCUT2D eigenvalue weighted by molar-refractivity contribution is -0.141. The smallest absolute Gasteiger partial charge is 0.306 e. The molecule has 0 aromatic rings. The molecule has 0 spiro atoms. The van der Waals surface area contributed by atoms with Gasteiger partial charge >= 0.3 is 5.97 Å². The average molecular weight is 318 g/mol. The maximum absolute atomic E-state index is 11.6. The Morgan fingerprint density at radius 2 is 2.17 bits per heavy atom. The number of carbonyl (C=O) groups excluding carboxylic acids is 1. The first kappa shape index (κ1) is 17.6. The maximum Gasteiger partial charge on any atom is 0.306 e. The van der Waals surface area contributed by atoms with Crippen LogP contribution in [-0.2, 0) is 19.0 Å². The number of ether oxygens (including phenoxy) is 3. The van der Waals surface area contributed by atoms with Gasteiger partial charge in [-0.3, -0.25) is 4.79 Å². The van der Waals surface area contributed by atoms with Gasteiger partial charge in [0, 0.05) is 18.8 Å². The predicted octanol–water partition coefficient (Wildman–Crippen LogP) is 4.03. The van der Waals surface area contributed by atoms with E-state index in [1.165, 1.54) is 12.7 Å². The quantitative estimate of drug-likeness (QED) is 0.421. The SMILES string of the molecule is COC(=O)C[C@H](C=C(C)C)C1=C=C=C(OC2CCCCO2)CC1. The van der Waals surface area contributed by atoms with Crippen molar-refractivity contribution in [3.05, 3.63) is 34.4 Å². The Morgan fingerprint density at radius 1 is 1.35 bits per heavy atom. The van der Waals surface area contributed by atoms with Crippen LogP contribution in [0.15, 0.2) is 34.4 Å². The number of rotatable bonds is 6. The molecule has 1 saturated heterocycles. The topological polar surface area (TPSA) is 44.8 Å². The van der Waals surface area contributed by atoms with Crippen LogP contribution in [0.5, 0.6) is 0 Å². The van der Waals surface area contributed by atoms with E-state index in [0.717, 1.165) is 50.0 Å². The lowest BCUT2D eigenvalue weighted by Gasteiger charge is -2.25. The highest BCUT2D eigenvalue weighted by Gasteiger charge is 2.21. The minimum atomic E-state index is -0.205. The molecule has 1 heterocycles. The fraction of sp³-hybridized carbons (Fsp3) is 0.632. The van der Waals surface area contributed by atoms with Crippen LogP contribution in [-0.4, -0.2) is 26.0 Å². The molecule has 4 heteroatoms. The third-order valence-electron chi connectivity index (χ3n) is 3.99. The van der Waals surface area contributed by atoms with Gasteiger partial charge in [0.25, 0.3) is 0 Å². The maximum atomic E-state index is 11.6. The van der Waals surface area contributed by atoms with E-state index in [1.54, 1.807) is 0 Å². The van der Waals surface area contributed by atoms with E-state index in [-0.39, 0.29) is 18.2 Å².